The first-order chi connectivity index (χ1) is 50.7. The van der Waals surface area contributed by atoms with Crippen LogP contribution < -0.4 is 64.2 Å². The second kappa shape index (κ2) is 44.1. The van der Waals surface area contributed by atoms with Gasteiger partial charge in [0.2, 0.25) is 47.3 Å². The molecule has 1 aromatic heterocycles. The zero-order chi connectivity index (χ0) is 79.0. The van der Waals surface area contributed by atoms with E-state index in [1.807, 2.05) is 64.1 Å². The fraction of sp³-hybridized carbons (Fsp3) is 0.557. The molecule has 3 aromatic carbocycles. The summed E-state index contributed by atoms with van der Waals surface area (Å²) in [5.41, 5.74) is 5.15. The van der Waals surface area contributed by atoms with Gasteiger partial charge in [-0.2, -0.15) is 0 Å². The number of phenols is 1. The Bertz CT molecular complexity index is 3680. The number of aromatic amines is 1. The summed E-state index contributed by atoms with van der Waals surface area (Å²) in [7, 11) is 0. The van der Waals surface area contributed by atoms with Crippen LogP contribution in [0.5, 0.6) is 5.75 Å². The average molecular weight is 1490 g/mol. The molecule has 0 fully saturated rings. The van der Waals surface area contributed by atoms with Gasteiger partial charge >= 0.3 is 0 Å². The number of aliphatic hydroxyl groups excluding tert-OH is 1. The minimum Gasteiger partial charge on any atom is -0.508 e. The number of aromatic hydroxyl groups is 1. The van der Waals surface area contributed by atoms with Gasteiger partial charge in [0.25, 0.3) is 0 Å². The first kappa shape index (κ1) is 88.3. The number of carbonyl (C=O) groups is 13. The van der Waals surface area contributed by atoms with Crippen LogP contribution in [0.2, 0.25) is 0 Å². The van der Waals surface area contributed by atoms with E-state index in [9.17, 15) is 72.5 Å². The molecule has 107 heavy (non-hydrogen) atoms. The molecular formula is C79H115N13O15. The molecule has 1 aliphatic heterocycles. The number of hydrogen-bond acceptors (Lipinski definition) is 19. The lowest BCUT2D eigenvalue weighted by Gasteiger charge is -2.33. The Morgan fingerprint density at radius 1 is 0.626 bits per heavy atom. The maximum absolute atomic E-state index is 14.9. The van der Waals surface area contributed by atoms with Crippen molar-refractivity contribution in [3.63, 3.8) is 0 Å². The summed E-state index contributed by atoms with van der Waals surface area (Å²) in [6.45, 7) is 15.1. The number of hydrogen-bond donors (Lipinski definition) is 15. The molecule has 586 valence electrons. The minimum absolute atomic E-state index is 0.0465. The van der Waals surface area contributed by atoms with E-state index in [0.717, 1.165) is 17.3 Å². The van der Waals surface area contributed by atoms with Crippen molar-refractivity contribution >= 4 is 87.6 Å². The lowest BCUT2D eigenvalue weighted by Crippen LogP contribution is -2.63. The molecule has 0 spiro atoms. The van der Waals surface area contributed by atoms with Crippen molar-refractivity contribution < 1.29 is 72.5 Å². The number of ketones is 4. The fourth-order valence-electron chi connectivity index (χ4n) is 12.6. The normalized spacial score (nSPS) is 23.8. The quantitative estimate of drug-likeness (QED) is 0.0303. The third kappa shape index (κ3) is 30.4. The van der Waals surface area contributed by atoms with E-state index >= 15 is 0 Å². The van der Waals surface area contributed by atoms with Gasteiger partial charge in [0.05, 0.1) is 66.9 Å². The monoisotopic (exact) mass is 1490 g/mol. The Labute approximate surface area is 627 Å². The van der Waals surface area contributed by atoms with Gasteiger partial charge in [-0.1, -0.05) is 120 Å². The van der Waals surface area contributed by atoms with Gasteiger partial charge < -0.3 is 68.3 Å². The van der Waals surface area contributed by atoms with Gasteiger partial charge in [0.1, 0.15) is 36.2 Å². The van der Waals surface area contributed by atoms with Crippen LogP contribution in [0.25, 0.3) is 10.9 Å². The molecule has 0 radical (unpaired) electrons. The van der Waals surface area contributed by atoms with Gasteiger partial charge in [0.15, 0.2) is 23.1 Å². The van der Waals surface area contributed by atoms with Gasteiger partial charge in [-0.25, -0.2) is 0 Å². The van der Waals surface area contributed by atoms with Gasteiger partial charge in [-0.05, 0) is 146 Å². The second-order valence-corrected chi connectivity index (χ2v) is 29.6. The van der Waals surface area contributed by atoms with E-state index < -0.39 is 161 Å². The van der Waals surface area contributed by atoms with E-state index in [4.69, 9.17) is 5.73 Å². The van der Waals surface area contributed by atoms with Gasteiger partial charge in [-0.15, -0.1) is 0 Å². The SMILES string of the molecule is CC(=O)N[C@@H](CC(C)C)C(=O)N[C@H](C(=O)N[C@@H](Cc1ccccc1)C(=O)N[C@]1(C)CCCCCCC=CCCC[C@@](C)(C=O)NC(=O)[C@H](CC(C)C)NC(=O)[C@H](CCC(N)=O)NCN[C@@H](C)C(=O)CC(=O)[C@H](Cc2c[nH]c3ccccc23)NC(=O)[C@H](Cc2ccc(O)cc2)NCC(=O)[C@H](C)NCC1=O)[C@@H](C)O. The largest absolute Gasteiger partial charge is 0.508 e. The summed E-state index contributed by atoms with van der Waals surface area (Å²) in [4.78, 5) is 184. The Balaban J connectivity index is 1.48. The number of nitrogens with one attached hydrogen (secondary N) is 12. The number of allylic oxidation sites excluding steroid dienone is 2. The molecule has 8 amide bonds. The van der Waals surface area contributed by atoms with Crippen molar-refractivity contribution in [3.8, 4) is 5.75 Å². The summed E-state index contributed by atoms with van der Waals surface area (Å²) in [6.07, 6.45) is 8.75. The van der Waals surface area contributed by atoms with Crippen LogP contribution in [0.3, 0.4) is 0 Å². The maximum Gasteiger partial charge on any atom is 0.245 e. The fourth-order valence-corrected chi connectivity index (χ4v) is 12.6. The van der Waals surface area contributed by atoms with Crippen molar-refractivity contribution in [2.45, 2.75) is 250 Å². The maximum atomic E-state index is 14.9. The minimum atomic E-state index is -1.64. The highest BCUT2D eigenvalue weighted by Crippen LogP contribution is 2.23. The number of nitrogens with two attached hydrogens (primary N) is 1. The molecule has 0 saturated heterocycles. The van der Waals surface area contributed by atoms with Crippen LogP contribution in [0, 0.1) is 11.8 Å². The Kier molecular flexibility index (Phi) is 36.4. The number of phenolic OH excluding ortho intramolecular Hbond substituents is 1. The van der Waals surface area contributed by atoms with Crippen molar-refractivity contribution in [1.82, 2.24) is 63.5 Å². The predicted octanol–water partition coefficient (Wildman–Crippen LogP) is 3.61. The molecule has 16 N–H and O–H groups in total. The lowest BCUT2D eigenvalue weighted by atomic mass is 9.88. The summed E-state index contributed by atoms with van der Waals surface area (Å²) in [5.74, 6) is -8.02. The summed E-state index contributed by atoms with van der Waals surface area (Å²) in [5, 5.41) is 53.3. The van der Waals surface area contributed by atoms with E-state index in [2.05, 4.69) is 63.5 Å². The third-order valence-corrected chi connectivity index (χ3v) is 19.1. The number of Topliss-reactive ketones (excluding diaryl/α,β-unsaturated/α-hetero) is 4. The highest BCUT2D eigenvalue weighted by molar-refractivity contribution is 6.05. The van der Waals surface area contributed by atoms with Gasteiger partial charge in [0, 0.05) is 50.0 Å². The summed E-state index contributed by atoms with van der Waals surface area (Å²) in [6, 6.07) is 11.3. The lowest BCUT2D eigenvalue weighted by molar-refractivity contribution is -0.137. The Morgan fingerprint density at radius 3 is 1.93 bits per heavy atom. The Morgan fingerprint density at radius 2 is 1.27 bits per heavy atom. The van der Waals surface area contributed by atoms with Crippen LogP contribution in [0.15, 0.2) is 97.2 Å². The van der Waals surface area contributed by atoms with Crippen molar-refractivity contribution in [1.29, 1.82) is 0 Å². The number of carbonyl (C=O) groups excluding carboxylic acids is 13. The topological polar surface area (TPSA) is 437 Å². The number of benzene rings is 3. The van der Waals surface area contributed by atoms with Gasteiger partial charge in [-0.3, -0.25) is 73.5 Å². The number of fused-ring (bicyclic) bond motifs is 1. The molecule has 0 aliphatic carbocycles. The molecule has 2 heterocycles. The predicted molar refractivity (Wildman–Crippen MR) is 406 cm³/mol. The molecular weight excluding hydrogens is 1370 g/mol. The number of primary amides is 1. The number of rotatable bonds is 22. The van der Waals surface area contributed by atoms with Crippen molar-refractivity contribution in [2.75, 3.05) is 19.8 Å². The number of aliphatic hydroxyl groups is 1. The molecule has 12 atom stereocenters. The molecule has 0 bridgehead atoms. The number of H-pyrrole nitrogens is 1. The van der Waals surface area contributed by atoms with E-state index in [1.165, 1.54) is 39.8 Å². The number of amides is 8. The zero-order valence-electron chi connectivity index (χ0n) is 63.7. The van der Waals surface area contributed by atoms with Crippen LogP contribution in [-0.4, -0.2) is 183 Å². The molecule has 1 aliphatic rings. The average Bonchev–Trinajstić information content (AvgIpc) is 1.78. The highest BCUT2D eigenvalue weighted by atomic mass is 16.3. The zero-order valence-corrected chi connectivity index (χ0v) is 63.7. The number of para-hydroxylation sites is 1. The molecule has 0 saturated carbocycles. The molecule has 28 nitrogen and oxygen atoms in total. The summed E-state index contributed by atoms with van der Waals surface area (Å²) < 4.78 is 0. The van der Waals surface area contributed by atoms with E-state index in [-0.39, 0.29) is 82.0 Å². The van der Waals surface area contributed by atoms with Crippen molar-refractivity contribution in [2.24, 2.45) is 17.6 Å². The Hall–Kier alpha value is -9.35. The van der Waals surface area contributed by atoms with Crippen LogP contribution in [0.4, 0.5) is 0 Å². The van der Waals surface area contributed by atoms with Crippen LogP contribution >= 0.6 is 0 Å². The first-order valence-corrected chi connectivity index (χ1v) is 37.3. The smallest absolute Gasteiger partial charge is 0.245 e. The van der Waals surface area contributed by atoms with Crippen LogP contribution in [-0.2, 0) is 81.6 Å². The third-order valence-electron chi connectivity index (χ3n) is 19.1. The second-order valence-electron chi connectivity index (χ2n) is 29.6. The van der Waals surface area contributed by atoms with E-state index in [1.54, 1.807) is 62.5 Å². The van der Waals surface area contributed by atoms with E-state index in [0.29, 0.717) is 61.5 Å². The molecule has 5 rings (SSSR count). The van der Waals surface area contributed by atoms with Crippen LogP contribution in [0.1, 0.15) is 176 Å². The molecule has 4 aromatic rings. The number of aromatic nitrogens is 1. The molecule has 28 heteroatoms. The highest BCUT2D eigenvalue weighted by Gasteiger charge is 2.40. The first-order valence-electron chi connectivity index (χ1n) is 37.3. The summed E-state index contributed by atoms with van der Waals surface area (Å²) >= 11 is 0. The standard InChI is InChI=1S/C79H115N13O15/c1-48(2)37-63(86-53(8)95)74(104)90-71(52(7)94)77(107)89-65(40-54-25-19-18-20-26-54)76(106)92-79(10)36-24-17-15-13-11-12-14-16-23-35-78(9,46-93)91-75(105)64(38-49(3)4)88-72(102)60(33-34-70(80)101)85-47-84-50(5)66(97)42-67(98)61(41-56-43-82-59-28-22-21-27-58(56)59)87-73(103)62(39-55-29-31-57(96)32-30-55)83-44-68(99)51(6)81-45-69(79)100/h12,14,18-22,25-32,43,46,48-52,60-65,71,81-85,94,96H,11,13,15-17,23-24,33-42,44-45,47H2,1-10H3,(H2,80,101)(H,86,95)(H,87,103)(H,88,102)(H,89,107)(H,90,104)(H,91,105)(H,92,106)/t50-,51-,52+,60-,61-,62-,63-,64-,65-,71-,78-,79+/m0/s1. The number of aldehydes is 1. The van der Waals surface area contributed by atoms with Crippen molar-refractivity contribution in [3.05, 3.63) is 114 Å². The molecule has 0 unspecified atom stereocenters.